The molecule has 0 heterocycles. The van der Waals surface area contributed by atoms with Crippen molar-refractivity contribution in [3.63, 3.8) is 0 Å². The molecular weight excluding hydrogens is 387 g/mol. The molecule has 142 valence electrons. The van der Waals surface area contributed by atoms with Crippen LogP contribution < -0.4 is 10.1 Å². The Labute approximate surface area is 164 Å². The molecule has 6 nitrogen and oxygen atoms in total. The van der Waals surface area contributed by atoms with Gasteiger partial charge in [0.2, 0.25) is 0 Å². The molecule has 3 aromatic carbocycles. The first kappa shape index (κ1) is 19.3. The average Bonchev–Trinajstić information content (AvgIpc) is 2.69. The molecule has 0 saturated carbocycles. The van der Waals surface area contributed by atoms with E-state index in [0.29, 0.717) is 5.02 Å². The highest BCUT2D eigenvalue weighted by Crippen LogP contribution is 2.30. The number of nitrogens with one attached hydrogen (secondary N) is 1. The third-order valence-electron chi connectivity index (χ3n) is 3.83. The predicted molar refractivity (Wildman–Crippen MR) is 104 cm³/mol. The molecule has 0 aromatic heterocycles. The molecule has 0 aliphatic carbocycles. The number of carbonyl (C=O) groups is 1. The highest BCUT2D eigenvalue weighted by atomic mass is 35.5. The third kappa shape index (κ3) is 4.63. The molecule has 0 unspecified atom stereocenters. The van der Waals surface area contributed by atoms with Crippen LogP contribution in [0.2, 0.25) is 5.02 Å². The molecule has 1 N–H and O–H groups in total. The number of benzene rings is 3. The maximum atomic E-state index is 13.7. The van der Waals surface area contributed by atoms with Gasteiger partial charge in [0.1, 0.15) is 11.6 Å². The first-order valence-electron chi connectivity index (χ1n) is 8.15. The van der Waals surface area contributed by atoms with E-state index >= 15 is 0 Å². The Hall–Kier alpha value is -3.45. The van der Waals surface area contributed by atoms with E-state index in [0.717, 1.165) is 29.3 Å². The Kier molecular flexibility index (Phi) is 5.86. The second-order valence-corrected chi connectivity index (χ2v) is 6.18. The minimum Gasteiger partial charge on any atom is -0.482 e. The van der Waals surface area contributed by atoms with Crippen molar-refractivity contribution >= 4 is 28.9 Å². The second-order valence-electron chi connectivity index (χ2n) is 5.77. The first-order valence-corrected chi connectivity index (χ1v) is 8.53. The van der Waals surface area contributed by atoms with E-state index in [4.69, 9.17) is 16.3 Å². The van der Waals surface area contributed by atoms with Gasteiger partial charge in [-0.2, -0.15) is 0 Å². The Balaban J connectivity index is 1.65. The van der Waals surface area contributed by atoms with Crippen LogP contribution in [-0.2, 0) is 4.79 Å². The van der Waals surface area contributed by atoms with Gasteiger partial charge in [-0.3, -0.25) is 14.9 Å². The summed E-state index contributed by atoms with van der Waals surface area (Å²) >= 11 is 6.21. The number of halogens is 2. The number of nitrogens with zero attached hydrogens (tertiary/aromatic N) is 1. The monoisotopic (exact) mass is 400 g/mol. The lowest BCUT2D eigenvalue weighted by Gasteiger charge is -2.10. The smallest absolute Gasteiger partial charge is 0.271 e. The zero-order valence-electron chi connectivity index (χ0n) is 14.4. The van der Waals surface area contributed by atoms with Crippen LogP contribution >= 0.6 is 11.6 Å². The molecule has 0 atom stereocenters. The van der Waals surface area contributed by atoms with Gasteiger partial charge >= 0.3 is 0 Å². The fourth-order valence-corrected chi connectivity index (χ4v) is 2.72. The van der Waals surface area contributed by atoms with Gasteiger partial charge in [0.25, 0.3) is 11.6 Å². The SMILES string of the molecule is O=C(COc1ccc(-c2ccccc2)cc1Cl)Nc1cc([N+](=O)[O-])ccc1F. The Morgan fingerprint density at radius 1 is 1.07 bits per heavy atom. The van der Waals surface area contributed by atoms with Crippen LogP contribution in [0.4, 0.5) is 15.8 Å². The van der Waals surface area contributed by atoms with Gasteiger partial charge < -0.3 is 10.1 Å². The maximum absolute atomic E-state index is 13.7. The fourth-order valence-electron chi connectivity index (χ4n) is 2.48. The van der Waals surface area contributed by atoms with E-state index in [1.54, 1.807) is 18.2 Å². The average molecular weight is 401 g/mol. The topological polar surface area (TPSA) is 81.5 Å². The summed E-state index contributed by atoms with van der Waals surface area (Å²) in [5.74, 6) is -1.18. The van der Waals surface area contributed by atoms with Crippen LogP contribution in [0.25, 0.3) is 11.1 Å². The molecule has 8 heteroatoms. The van der Waals surface area contributed by atoms with E-state index in [1.165, 1.54) is 0 Å². The molecular formula is C20H14ClFN2O4. The number of nitro benzene ring substituents is 1. The molecule has 0 spiro atoms. The number of hydrogen-bond acceptors (Lipinski definition) is 4. The van der Waals surface area contributed by atoms with Crippen molar-refractivity contribution in [1.82, 2.24) is 0 Å². The molecule has 0 saturated heterocycles. The molecule has 28 heavy (non-hydrogen) atoms. The van der Waals surface area contributed by atoms with Gasteiger partial charge in [0.15, 0.2) is 6.61 Å². The number of amides is 1. The summed E-state index contributed by atoms with van der Waals surface area (Å²) in [6.07, 6.45) is 0. The summed E-state index contributed by atoms with van der Waals surface area (Å²) in [6, 6.07) is 17.6. The molecule has 0 fully saturated rings. The van der Waals surface area contributed by atoms with Crippen LogP contribution in [0.3, 0.4) is 0 Å². The number of ether oxygens (including phenoxy) is 1. The lowest BCUT2D eigenvalue weighted by Crippen LogP contribution is -2.21. The van der Waals surface area contributed by atoms with Crippen LogP contribution in [0.1, 0.15) is 0 Å². The van der Waals surface area contributed by atoms with Crippen molar-refractivity contribution in [2.45, 2.75) is 0 Å². The van der Waals surface area contributed by atoms with Crippen LogP contribution in [-0.4, -0.2) is 17.4 Å². The minimum atomic E-state index is -0.788. The van der Waals surface area contributed by atoms with Gasteiger partial charge in [0.05, 0.1) is 15.6 Å². The molecule has 1 amide bonds. The van der Waals surface area contributed by atoms with Gasteiger partial charge in [-0.15, -0.1) is 0 Å². The second kappa shape index (κ2) is 8.49. The number of rotatable bonds is 6. The lowest BCUT2D eigenvalue weighted by atomic mass is 10.1. The number of nitro groups is 1. The lowest BCUT2D eigenvalue weighted by molar-refractivity contribution is -0.384. The van der Waals surface area contributed by atoms with Gasteiger partial charge in [-0.1, -0.05) is 48.0 Å². The molecule has 0 radical (unpaired) electrons. The molecule has 0 aliphatic heterocycles. The van der Waals surface area contributed by atoms with Crippen molar-refractivity contribution in [3.05, 3.63) is 87.7 Å². The van der Waals surface area contributed by atoms with Crippen molar-refractivity contribution in [3.8, 4) is 16.9 Å². The van der Waals surface area contributed by atoms with Gasteiger partial charge in [-0.05, 0) is 29.3 Å². The van der Waals surface area contributed by atoms with E-state index in [2.05, 4.69) is 5.32 Å². The van der Waals surface area contributed by atoms with Crippen molar-refractivity contribution in [2.75, 3.05) is 11.9 Å². The zero-order valence-corrected chi connectivity index (χ0v) is 15.2. The Bertz CT molecular complexity index is 1030. The maximum Gasteiger partial charge on any atom is 0.271 e. The summed E-state index contributed by atoms with van der Waals surface area (Å²) in [5, 5.41) is 13.3. The first-order chi connectivity index (χ1) is 13.4. The van der Waals surface area contributed by atoms with E-state index in [9.17, 15) is 19.3 Å². The highest BCUT2D eigenvalue weighted by molar-refractivity contribution is 6.32. The summed E-state index contributed by atoms with van der Waals surface area (Å²) in [4.78, 5) is 22.1. The van der Waals surface area contributed by atoms with E-state index in [1.807, 2.05) is 30.3 Å². The Morgan fingerprint density at radius 3 is 2.50 bits per heavy atom. The standard InChI is InChI=1S/C20H14ClFN2O4/c21-16-10-14(13-4-2-1-3-5-13)6-9-19(16)28-12-20(25)23-18-11-15(24(26)27)7-8-17(18)22/h1-11H,12H2,(H,23,25). The molecule has 3 aromatic rings. The number of non-ortho nitro benzene ring substituents is 1. The van der Waals surface area contributed by atoms with Crippen molar-refractivity contribution in [1.29, 1.82) is 0 Å². The van der Waals surface area contributed by atoms with E-state index in [-0.39, 0.29) is 17.1 Å². The van der Waals surface area contributed by atoms with E-state index < -0.39 is 23.3 Å². The third-order valence-corrected chi connectivity index (χ3v) is 4.13. The highest BCUT2D eigenvalue weighted by Gasteiger charge is 2.14. The van der Waals surface area contributed by atoms with Crippen LogP contribution in [0, 0.1) is 15.9 Å². The van der Waals surface area contributed by atoms with Crippen LogP contribution in [0.5, 0.6) is 5.75 Å². The predicted octanol–water partition coefficient (Wildman–Crippen LogP) is 5.07. The summed E-state index contributed by atoms with van der Waals surface area (Å²) in [6.45, 7) is -0.438. The largest absolute Gasteiger partial charge is 0.482 e. The molecule has 0 aliphatic rings. The van der Waals surface area contributed by atoms with Crippen molar-refractivity contribution in [2.24, 2.45) is 0 Å². The summed E-state index contributed by atoms with van der Waals surface area (Å²) in [7, 11) is 0. The van der Waals surface area contributed by atoms with Crippen LogP contribution in [0.15, 0.2) is 66.7 Å². The fraction of sp³-hybridized carbons (Fsp3) is 0.0500. The number of anilines is 1. The quantitative estimate of drug-likeness (QED) is 0.462. The normalized spacial score (nSPS) is 10.4. The zero-order chi connectivity index (χ0) is 20.1. The van der Waals surface area contributed by atoms with Gasteiger partial charge in [0, 0.05) is 12.1 Å². The number of carbonyl (C=O) groups excluding carboxylic acids is 1. The summed E-state index contributed by atoms with van der Waals surface area (Å²) in [5.41, 5.74) is 1.24. The Morgan fingerprint density at radius 2 is 1.82 bits per heavy atom. The van der Waals surface area contributed by atoms with Gasteiger partial charge in [-0.25, -0.2) is 4.39 Å². The number of hydrogen-bond donors (Lipinski definition) is 1. The molecule has 3 rings (SSSR count). The minimum absolute atomic E-state index is 0.288. The summed E-state index contributed by atoms with van der Waals surface area (Å²) < 4.78 is 19.1. The van der Waals surface area contributed by atoms with Crippen molar-refractivity contribution < 1.29 is 18.8 Å². The molecule has 0 bridgehead atoms.